The summed E-state index contributed by atoms with van der Waals surface area (Å²) in [7, 11) is 0. The highest BCUT2D eigenvalue weighted by Crippen LogP contribution is 2.13. The SMILES string of the molecule is CC(S)CCC(=O)ON1C(=O)CCC1=O. The Labute approximate surface area is 93.1 Å². The van der Waals surface area contributed by atoms with Crippen LogP contribution in [-0.2, 0) is 19.2 Å². The van der Waals surface area contributed by atoms with Crippen LogP contribution in [0.5, 0.6) is 0 Å². The van der Waals surface area contributed by atoms with E-state index in [1.807, 2.05) is 6.92 Å². The fourth-order valence-corrected chi connectivity index (χ4v) is 1.26. The van der Waals surface area contributed by atoms with Gasteiger partial charge in [0.15, 0.2) is 0 Å². The van der Waals surface area contributed by atoms with Crippen LogP contribution in [0.25, 0.3) is 0 Å². The zero-order valence-corrected chi connectivity index (χ0v) is 9.33. The molecule has 0 saturated carbocycles. The summed E-state index contributed by atoms with van der Waals surface area (Å²) in [6.07, 6.45) is 0.948. The minimum Gasteiger partial charge on any atom is -0.330 e. The van der Waals surface area contributed by atoms with Crippen molar-refractivity contribution < 1.29 is 19.2 Å². The van der Waals surface area contributed by atoms with Gasteiger partial charge in [-0.3, -0.25) is 9.59 Å². The van der Waals surface area contributed by atoms with E-state index in [9.17, 15) is 14.4 Å². The number of amides is 2. The van der Waals surface area contributed by atoms with Gasteiger partial charge in [-0.2, -0.15) is 12.6 Å². The van der Waals surface area contributed by atoms with E-state index < -0.39 is 17.8 Å². The van der Waals surface area contributed by atoms with Crippen LogP contribution >= 0.6 is 12.6 Å². The van der Waals surface area contributed by atoms with E-state index >= 15 is 0 Å². The molecule has 0 radical (unpaired) electrons. The van der Waals surface area contributed by atoms with Crippen molar-refractivity contribution in [2.75, 3.05) is 0 Å². The van der Waals surface area contributed by atoms with E-state index in [1.165, 1.54) is 0 Å². The van der Waals surface area contributed by atoms with Gasteiger partial charge in [-0.1, -0.05) is 6.92 Å². The minimum absolute atomic E-state index is 0.0857. The first-order chi connectivity index (χ1) is 7.00. The molecule has 1 unspecified atom stereocenters. The van der Waals surface area contributed by atoms with Gasteiger partial charge in [0.1, 0.15) is 0 Å². The Kier molecular flexibility index (Phi) is 4.14. The van der Waals surface area contributed by atoms with Crippen LogP contribution in [0.1, 0.15) is 32.6 Å². The normalized spacial score (nSPS) is 18.1. The third kappa shape index (κ3) is 3.54. The Bertz CT molecular complexity index is 274. The molecule has 1 fully saturated rings. The molecule has 5 nitrogen and oxygen atoms in total. The Morgan fingerprint density at radius 2 is 2.00 bits per heavy atom. The smallest absolute Gasteiger partial charge is 0.330 e. The molecule has 0 aromatic heterocycles. The van der Waals surface area contributed by atoms with Gasteiger partial charge >= 0.3 is 5.97 Å². The van der Waals surface area contributed by atoms with E-state index in [0.29, 0.717) is 11.5 Å². The molecule has 84 valence electrons. The molecule has 1 saturated heterocycles. The quantitative estimate of drug-likeness (QED) is 0.571. The summed E-state index contributed by atoms with van der Waals surface area (Å²) in [4.78, 5) is 38.0. The number of carbonyl (C=O) groups is 3. The number of carbonyl (C=O) groups excluding carboxylic acids is 3. The van der Waals surface area contributed by atoms with Crippen LogP contribution in [0.15, 0.2) is 0 Å². The van der Waals surface area contributed by atoms with E-state index in [1.54, 1.807) is 0 Å². The average molecular weight is 231 g/mol. The molecule has 2 amide bonds. The van der Waals surface area contributed by atoms with Gasteiger partial charge in [0.2, 0.25) is 0 Å². The van der Waals surface area contributed by atoms with Gasteiger partial charge in [-0.05, 0) is 11.7 Å². The summed E-state index contributed by atoms with van der Waals surface area (Å²) < 4.78 is 0. The molecule has 0 aromatic carbocycles. The molecule has 1 aliphatic heterocycles. The molecule has 1 aliphatic rings. The van der Waals surface area contributed by atoms with Crippen molar-refractivity contribution in [2.24, 2.45) is 0 Å². The Hall–Kier alpha value is -1.04. The number of hydrogen-bond donors (Lipinski definition) is 1. The highest BCUT2D eigenvalue weighted by atomic mass is 32.1. The van der Waals surface area contributed by atoms with Gasteiger partial charge in [0.05, 0.1) is 0 Å². The first kappa shape index (κ1) is 12.0. The Morgan fingerprint density at radius 1 is 1.47 bits per heavy atom. The second-order valence-corrected chi connectivity index (χ2v) is 4.31. The number of thiol groups is 1. The van der Waals surface area contributed by atoms with Gasteiger partial charge in [-0.15, -0.1) is 5.06 Å². The molecule has 6 heteroatoms. The Balaban J connectivity index is 2.37. The number of hydroxylamine groups is 2. The van der Waals surface area contributed by atoms with E-state index in [2.05, 4.69) is 17.5 Å². The third-order valence-electron chi connectivity index (χ3n) is 1.97. The van der Waals surface area contributed by atoms with Crippen LogP contribution in [-0.4, -0.2) is 28.1 Å². The van der Waals surface area contributed by atoms with E-state index in [-0.39, 0.29) is 24.5 Å². The lowest BCUT2D eigenvalue weighted by atomic mass is 10.2. The fourth-order valence-electron chi connectivity index (χ4n) is 1.13. The second kappa shape index (κ2) is 5.16. The van der Waals surface area contributed by atoms with Crippen molar-refractivity contribution in [3.63, 3.8) is 0 Å². The van der Waals surface area contributed by atoms with Crippen molar-refractivity contribution in [3.8, 4) is 0 Å². The zero-order valence-electron chi connectivity index (χ0n) is 8.43. The number of rotatable bonds is 4. The highest BCUT2D eigenvalue weighted by Gasteiger charge is 2.32. The molecule has 0 bridgehead atoms. The van der Waals surface area contributed by atoms with Crippen molar-refractivity contribution in [1.29, 1.82) is 0 Å². The monoisotopic (exact) mass is 231 g/mol. The standard InChI is InChI=1S/C9H13NO4S/c1-6(15)2-5-9(13)14-10-7(11)3-4-8(10)12/h6,15H,2-5H2,1H3. The minimum atomic E-state index is -0.570. The summed E-state index contributed by atoms with van der Waals surface area (Å²) in [6.45, 7) is 1.85. The summed E-state index contributed by atoms with van der Waals surface area (Å²) in [6, 6.07) is 0. The Morgan fingerprint density at radius 3 is 2.47 bits per heavy atom. The fraction of sp³-hybridized carbons (Fsp3) is 0.667. The van der Waals surface area contributed by atoms with Crippen LogP contribution < -0.4 is 0 Å². The predicted molar refractivity (Wildman–Crippen MR) is 54.9 cm³/mol. The lowest BCUT2D eigenvalue weighted by Crippen LogP contribution is -2.32. The lowest BCUT2D eigenvalue weighted by molar-refractivity contribution is -0.197. The maximum absolute atomic E-state index is 11.2. The second-order valence-electron chi connectivity index (χ2n) is 3.43. The lowest BCUT2D eigenvalue weighted by Gasteiger charge is -2.12. The van der Waals surface area contributed by atoms with Crippen molar-refractivity contribution in [3.05, 3.63) is 0 Å². The van der Waals surface area contributed by atoms with Crippen molar-refractivity contribution in [2.45, 2.75) is 37.9 Å². The molecule has 1 atom stereocenters. The van der Waals surface area contributed by atoms with E-state index in [0.717, 1.165) is 0 Å². The van der Waals surface area contributed by atoms with Gasteiger partial charge in [-0.25, -0.2) is 4.79 Å². The van der Waals surface area contributed by atoms with Crippen molar-refractivity contribution >= 4 is 30.4 Å². The predicted octanol–water partition coefficient (Wildman–Crippen LogP) is 0.692. The molecular weight excluding hydrogens is 218 g/mol. The molecule has 1 heterocycles. The summed E-state index contributed by atoms with van der Waals surface area (Å²) in [5.41, 5.74) is 0. The highest BCUT2D eigenvalue weighted by molar-refractivity contribution is 7.80. The third-order valence-corrected chi connectivity index (χ3v) is 2.22. The van der Waals surface area contributed by atoms with Crippen molar-refractivity contribution in [1.82, 2.24) is 5.06 Å². The summed E-state index contributed by atoms with van der Waals surface area (Å²) in [5, 5.41) is 0.647. The first-order valence-corrected chi connectivity index (χ1v) is 5.27. The molecule has 0 aromatic rings. The molecular formula is C9H13NO4S. The summed E-state index contributed by atoms with van der Waals surface area (Å²) in [5.74, 6) is -1.47. The van der Waals surface area contributed by atoms with Crippen LogP contribution in [0.4, 0.5) is 0 Å². The van der Waals surface area contributed by atoms with Crippen LogP contribution in [0, 0.1) is 0 Å². The largest absolute Gasteiger partial charge is 0.333 e. The number of imide groups is 1. The first-order valence-electron chi connectivity index (χ1n) is 4.75. The van der Waals surface area contributed by atoms with Gasteiger partial charge in [0, 0.05) is 19.3 Å². The summed E-state index contributed by atoms with van der Waals surface area (Å²) >= 11 is 4.10. The van der Waals surface area contributed by atoms with E-state index in [4.69, 9.17) is 0 Å². The maximum atomic E-state index is 11.2. The number of nitrogens with zero attached hydrogens (tertiary/aromatic N) is 1. The molecule has 15 heavy (non-hydrogen) atoms. The van der Waals surface area contributed by atoms with Gasteiger partial charge < -0.3 is 4.84 Å². The molecule has 0 spiro atoms. The average Bonchev–Trinajstić information content (AvgIpc) is 2.46. The molecule has 0 aliphatic carbocycles. The topological polar surface area (TPSA) is 63.7 Å². The maximum Gasteiger partial charge on any atom is 0.333 e. The van der Waals surface area contributed by atoms with Gasteiger partial charge in [0.25, 0.3) is 11.8 Å². The zero-order chi connectivity index (χ0) is 11.4. The number of hydrogen-bond acceptors (Lipinski definition) is 5. The van der Waals surface area contributed by atoms with Crippen LogP contribution in [0.3, 0.4) is 0 Å². The molecule has 0 N–H and O–H groups in total. The molecule has 1 rings (SSSR count). The van der Waals surface area contributed by atoms with Crippen LogP contribution in [0.2, 0.25) is 0 Å².